The van der Waals surface area contributed by atoms with E-state index in [1.165, 1.54) is 17.5 Å². The van der Waals surface area contributed by atoms with E-state index in [0.29, 0.717) is 6.04 Å². The second-order valence-corrected chi connectivity index (χ2v) is 6.25. The Hall–Kier alpha value is -1.90. The van der Waals surface area contributed by atoms with Crippen molar-refractivity contribution >= 4 is 5.82 Å². The molecule has 1 N–H and O–H groups in total. The van der Waals surface area contributed by atoms with Gasteiger partial charge in [0.25, 0.3) is 0 Å². The van der Waals surface area contributed by atoms with Crippen molar-refractivity contribution in [2.75, 3.05) is 5.32 Å². The molecule has 0 radical (unpaired) electrons. The Morgan fingerprint density at radius 1 is 1.20 bits per heavy atom. The number of aryl methyl sites for hydroxylation is 1. The molecular weight excluding hydrogens is 246 g/mol. The predicted molar refractivity (Wildman–Crippen MR) is 81.8 cm³/mol. The van der Waals surface area contributed by atoms with E-state index < -0.39 is 0 Å². The molecule has 1 heterocycles. The second kappa shape index (κ2) is 4.89. The van der Waals surface area contributed by atoms with Crippen LogP contribution < -0.4 is 5.32 Å². The number of benzene rings is 1. The highest BCUT2D eigenvalue weighted by Gasteiger charge is 2.32. The molecule has 1 aliphatic carbocycles. The Morgan fingerprint density at radius 3 is 2.80 bits per heavy atom. The van der Waals surface area contributed by atoms with Crippen molar-refractivity contribution in [3.63, 3.8) is 0 Å². The molecule has 0 fully saturated rings. The summed E-state index contributed by atoms with van der Waals surface area (Å²) in [6.45, 7) is 6.62. The van der Waals surface area contributed by atoms with E-state index in [0.717, 1.165) is 17.9 Å². The molecule has 1 aliphatic rings. The number of anilines is 1. The van der Waals surface area contributed by atoms with Crippen molar-refractivity contribution in [1.82, 2.24) is 9.97 Å². The van der Waals surface area contributed by atoms with Crippen LogP contribution >= 0.6 is 0 Å². The molecule has 0 amide bonds. The largest absolute Gasteiger partial charge is 0.362 e. The molecule has 1 unspecified atom stereocenters. The molecule has 20 heavy (non-hydrogen) atoms. The number of hydrogen-bond donors (Lipinski definition) is 1. The lowest BCUT2D eigenvalue weighted by Gasteiger charge is -2.37. The maximum atomic E-state index is 4.50. The first-order valence-corrected chi connectivity index (χ1v) is 7.21. The Morgan fingerprint density at radius 2 is 2.00 bits per heavy atom. The molecule has 104 valence electrons. The number of rotatable bonds is 2. The summed E-state index contributed by atoms with van der Waals surface area (Å²) in [5.74, 6) is 0.865. The predicted octanol–water partition coefficient (Wildman–Crippen LogP) is 4.01. The zero-order chi connectivity index (χ0) is 14.2. The molecule has 2 aromatic rings. The maximum Gasteiger partial charge on any atom is 0.145 e. The summed E-state index contributed by atoms with van der Waals surface area (Å²) < 4.78 is 0. The fourth-order valence-corrected chi connectivity index (χ4v) is 3.07. The zero-order valence-corrected chi connectivity index (χ0v) is 12.4. The lowest BCUT2D eigenvalue weighted by atomic mass is 9.71. The maximum absolute atomic E-state index is 4.50. The number of hydrogen-bond acceptors (Lipinski definition) is 3. The molecule has 1 atom stereocenters. The van der Waals surface area contributed by atoms with Crippen LogP contribution in [0.4, 0.5) is 5.82 Å². The van der Waals surface area contributed by atoms with Gasteiger partial charge < -0.3 is 5.32 Å². The Balaban J connectivity index is 1.92. The summed E-state index contributed by atoms with van der Waals surface area (Å²) in [4.78, 5) is 8.71. The van der Waals surface area contributed by atoms with E-state index in [1.807, 2.05) is 6.92 Å². The average molecular weight is 267 g/mol. The Labute approximate surface area is 120 Å². The van der Waals surface area contributed by atoms with Gasteiger partial charge in [0.05, 0.1) is 17.9 Å². The first kappa shape index (κ1) is 13.1. The SMILES string of the molecule is Cc1cncc(NC2CCC(C)(C)c3ccccc32)n1. The van der Waals surface area contributed by atoms with Crippen LogP contribution in [0.25, 0.3) is 0 Å². The summed E-state index contributed by atoms with van der Waals surface area (Å²) in [7, 11) is 0. The van der Waals surface area contributed by atoms with Crippen LogP contribution in [-0.2, 0) is 5.41 Å². The van der Waals surface area contributed by atoms with Crippen LogP contribution in [-0.4, -0.2) is 9.97 Å². The monoisotopic (exact) mass is 267 g/mol. The van der Waals surface area contributed by atoms with Gasteiger partial charge in [-0.1, -0.05) is 38.1 Å². The number of nitrogens with one attached hydrogen (secondary N) is 1. The van der Waals surface area contributed by atoms with Crippen molar-refractivity contribution < 1.29 is 0 Å². The summed E-state index contributed by atoms with van der Waals surface area (Å²) >= 11 is 0. The van der Waals surface area contributed by atoms with Crippen LogP contribution in [0.15, 0.2) is 36.7 Å². The number of fused-ring (bicyclic) bond motifs is 1. The third-order valence-electron chi connectivity index (χ3n) is 4.20. The molecule has 3 rings (SSSR count). The standard InChI is InChI=1S/C17H21N3/c1-12-10-18-11-16(19-12)20-15-8-9-17(2,3)14-7-5-4-6-13(14)15/h4-7,10-11,15H,8-9H2,1-3H3,(H,19,20). The lowest BCUT2D eigenvalue weighted by molar-refractivity contribution is 0.406. The van der Waals surface area contributed by atoms with E-state index in [2.05, 4.69) is 53.4 Å². The highest BCUT2D eigenvalue weighted by Crippen LogP contribution is 2.42. The molecule has 0 aliphatic heterocycles. The van der Waals surface area contributed by atoms with E-state index in [-0.39, 0.29) is 5.41 Å². The minimum atomic E-state index is 0.257. The number of aromatic nitrogens is 2. The van der Waals surface area contributed by atoms with Gasteiger partial charge in [0, 0.05) is 6.20 Å². The summed E-state index contributed by atoms with van der Waals surface area (Å²) in [6, 6.07) is 9.07. The fraction of sp³-hybridized carbons (Fsp3) is 0.412. The van der Waals surface area contributed by atoms with Crippen molar-refractivity contribution in [2.24, 2.45) is 0 Å². The van der Waals surface area contributed by atoms with Crippen molar-refractivity contribution in [2.45, 2.75) is 45.1 Å². The molecule has 3 nitrogen and oxygen atoms in total. The fourth-order valence-electron chi connectivity index (χ4n) is 3.07. The first-order valence-electron chi connectivity index (χ1n) is 7.21. The normalized spacial score (nSPS) is 20.2. The molecule has 1 aromatic carbocycles. The van der Waals surface area contributed by atoms with Gasteiger partial charge in [-0.05, 0) is 36.3 Å². The van der Waals surface area contributed by atoms with Crippen LogP contribution in [0.2, 0.25) is 0 Å². The van der Waals surface area contributed by atoms with Crippen LogP contribution in [0.5, 0.6) is 0 Å². The van der Waals surface area contributed by atoms with Crippen LogP contribution in [0.1, 0.15) is 49.6 Å². The summed E-state index contributed by atoms with van der Waals surface area (Å²) in [5, 5.41) is 3.54. The van der Waals surface area contributed by atoms with E-state index in [1.54, 1.807) is 12.4 Å². The van der Waals surface area contributed by atoms with Gasteiger partial charge >= 0.3 is 0 Å². The summed E-state index contributed by atoms with van der Waals surface area (Å²) in [6.07, 6.45) is 5.89. The zero-order valence-electron chi connectivity index (χ0n) is 12.4. The van der Waals surface area contributed by atoms with Crippen LogP contribution in [0, 0.1) is 6.92 Å². The van der Waals surface area contributed by atoms with Gasteiger partial charge in [-0.15, -0.1) is 0 Å². The molecule has 1 aromatic heterocycles. The molecule has 0 spiro atoms. The lowest BCUT2D eigenvalue weighted by Crippen LogP contribution is -2.29. The van der Waals surface area contributed by atoms with E-state index in [4.69, 9.17) is 0 Å². The highest BCUT2D eigenvalue weighted by molar-refractivity contribution is 5.44. The first-order chi connectivity index (χ1) is 9.56. The minimum absolute atomic E-state index is 0.257. The van der Waals surface area contributed by atoms with Gasteiger partial charge in [0.2, 0.25) is 0 Å². The third-order valence-corrected chi connectivity index (χ3v) is 4.20. The van der Waals surface area contributed by atoms with Gasteiger partial charge in [0.1, 0.15) is 5.82 Å². The Bertz CT molecular complexity index is 619. The molecule has 0 saturated heterocycles. The Kier molecular flexibility index (Phi) is 3.20. The third kappa shape index (κ3) is 2.40. The van der Waals surface area contributed by atoms with Gasteiger partial charge in [-0.3, -0.25) is 4.98 Å². The summed E-state index contributed by atoms with van der Waals surface area (Å²) in [5.41, 5.74) is 4.04. The average Bonchev–Trinajstić information content (AvgIpc) is 2.43. The van der Waals surface area contributed by atoms with Crippen molar-refractivity contribution in [3.8, 4) is 0 Å². The highest BCUT2D eigenvalue weighted by atomic mass is 15.0. The smallest absolute Gasteiger partial charge is 0.145 e. The van der Waals surface area contributed by atoms with Gasteiger partial charge in [0.15, 0.2) is 0 Å². The topological polar surface area (TPSA) is 37.8 Å². The van der Waals surface area contributed by atoms with E-state index >= 15 is 0 Å². The van der Waals surface area contributed by atoms with Gasteiger partial charge in [-0.2, -0.15) is 0 Å². The number of nitrogens with zero attached hydrogens (tertiary/aromatic N) is 2. The quantitative estimate of drug-likeness (QED) is 0.893. The van der Waals surface area contributed by atoms with Gasteiger partial charge in [-0.25, -0.2) is 4.98 Å². The van der Waals surface area contributed by atoms with Crippen molar-refractivity contribution in [1.29, 1.82) is 0 Å². The molecular formula is C17H21N3. The van der Waals surface area contributed by atoms with E-state index in [9.17, 15) is 0 Å². The molecule has 0 saturated carbocycles. The second-order valence-electron chi connectivity index (χ2n) is 6.25. The van der Waals surface area contributed by atoms with Crippen LogP contribution in [0.3, 0.4) is 0 Å². The molecule has 3 heteroatoms. The minimum Gasteiger partial charge on any atom is -0.362 e. The molecule has 0 bridgehead atoms. The van der Waals surface area contributed by atoms with Crippen molar-refractivity contribution in [3.05, 3.63) is 53.5 Å².